The number of unbranched alkanes of at least 4 members (excludes halogenated alkanes) is 3. The van der Waals surface area contributed by atoms with Gasteiger partial charge in [0, 0.05) is 28.5 Å². The summed E-state index contributed by atoms with van der Waals surface area (Å²) in [5.41, 5.74) is 4.11. The fourth-order valence-corrected chi connectivity index (χ4v) is 4.02. The molecule has 0 aliphatic heterocycles. The van der Waals surface area contributed by atoms with Crippen LogP contribution in [0.3, 0.4) is 0 Å². The van der Waals surface area contributed by atoms with Crippen LogP contribution in [0.5, 0.6) is 5.75 Å². The standard InChI is InChI=1S/C29H31N3O3/c1-3-4-5-8-19-35-29(34)22-12-15-23(16-13-22)32-27(25-9-6-7-18-30-25)24-17-14-21-11-10-20(2)31-26(21)28(24)33/h6-7,9-18,27,32-33H,3-5,8,19H2,1-2H3. The Labute approximate surface area is 206 Å². The highest BCUT2D eigenvalue weighted by atomic mass is 16.5. The summed E-state index contributed by atoms with van der Waals surface area (Å²) < 4.78 is 5.39. The van der Waals surface area contributed by atoms with Crippen LogP contribution < -0.4 is 5.32 Å². The molecule has 0 radical (unpaired) electrons. The molecule has 2 N–H and O–H groups in total. The van der Waals surface area contributed by atoms with Crippen LogP contribution >= 0.6 is 0 Å². The van der Waals surface area contributed by atoms with E-state index in [9.17, 15) is 9.90 Å². The van der Waals surface area contributed by atoms with Crippen LogP contribution in [0.2, 0.25) is 0 Å². The van der Waals surface area contributed by atoms with Crippen molar-refractivity contribution in [3.8, 4) is 5.75 Å². The van der Waals surface area contributed by atoms with Crippen molar-refractivity contribution >= 4 is 22.6 Å². The lowest BCUT2D eigenvalue weighted by molar-refractivity contribution is 0.0498. The Bertz CT molecular complexity index is 1270. The number of phenolic OH excluding ortho intramolecular Hbond substituents is 1. The summed E-state index contributed by atoms with van der Waals surface area (Å²) in [7, 11) is 0. The fraction of sp³-hybridized carbons (Fsp3) is 0.276. The summed E-state index contributed by atoms with van der Waals surface area (Å²) in [5.74, 6) is -0.194. The number of aromatic hydroxyl groups is 1. The molecule has 1 atom stereocenters. The van der Waals surface area contributed by atoms with Gasteiger partial charge >= 0.3 is 5.97 Å². The summed E-state index contributed by atoms with van der Waals surface area (Å²) in [6.07, 6.45) is 5.98. The van der Waals surface area contributed by atoms with Gasteiger partial charge in [0.2, 0.25) is 0 Å². The summed E-state index contributed by atoms with van der Waals surface area (Å²) >= 11 is 0. The molecule has 0 bridgehead atoms. The average Bonchev–Trinajstić information content (AvgIpc) is 2.89. The largest absolute Gasteiger partial charge is 0.505 e. The molecule has 6 heteroatoms. The van der Waals surface area contributed by atoms with Gasteiger partial charge in [-0.1, -0.05) is 50.5 Å². The second-order valence-corrected chi connectivity index (χ2v) is 8.63. The third-order valence-electron chi connectivity index (χ3n) is 5.96. The summed E-state index contributed by atoms with van der Waals surface area (Å²) in [4.78, 5) is 21.4. The first-order valence-electron chi connectivity index (χ1n) is 12.1. The molecule has 4 rings (SSSR count). The first-order chi connectivity index (χ1) is 17.1. The molecule has 0 saturated heterocycles. The van der Waals surface area contributed by atoms with Crippen LogP contribution in [0.4, 0.5) is 5.69 Å². The highest BCUT2D eigenvalue weighted by Gasteiger charge is 2.21. The van der Waals surface area contributed by atoms with E-state index in [-0.39, 0.29) is 11.7 Å². The number of nitrogens with zero attached hydrogens (tertiary/aromatic N) is 2. The molecule has 2 aromatic carbocycles. The van der Waals surface area contributed by atoms with Crippen LogP contribution in [-0.2, 0) is 4.74 Å². The number of ether oxygens (including phenoxy) is 1. The maximum Gasteiger partial charge on any atom is 0.338 e. The predicted octanol–water partition coefficient (Wildman–Crippen LogP) is 6.58. The zero-order valence-electron chi connectivity index (χ0n) is 20.2. The van der Waals surface area contributed by atoms with E-state index in [1.807, 2.05) is 61.5 Å². The monoisotopic (exact) mass is 469 g/mol. The SMILES string of the molecule is CCCCCCOC(=O)c1ccc(NC(c2ccccn2)c2ccc3ccc(C)nc3c2O)cc1. The van der Waals surface area contributed by atoms with Crippen LogP contribution in [0, 0.1) is 6.92 Å². The van der Waals surface area contributed by atoms with E-state index in [4.69, 9.17) is 4.74 Å². The third kappa shape index (κ3) is 5.96. The topological polar surface area (TPSA) is 84.3 Å². The van der Waals surface area contributed by atoms with Crippen LogP contribution in [0.25, 0.3) is 10.9 Å². The normalized spacial score (nSPS) is 11.8. The number of rotatable bonds is 10. The second-order valence-electron chi connectivity index (χ2n) is 8.63. The molecule has 6 nitrogen and oxygen atoms in total. The Morgan fingerprint density at radius 2 is 1.80 bits per heavy atom. The lowest BCUT2D eigenvalue weighted by Crippen LogP contribution is -2.14. The third-order valence-corrected chi connectivity index (χ3v) is 5.96. The van der Waals surface area contributed by atoms with Crippen molar-refractivity contribution in [3.05, 3.63) is 95.4 Å². The van der Waals surface area contributed by atoms with E-state index in [0.29, 0.717) is 23.3 Å². The Morgan fingerprint density at radius 1 is 1.00 bits per heavy atom. The number of carbonyl (C=O) groups excluding carboxylic acids is 1. The molecule has 4 aromatic rings. The lowest BCUT2D eigenvalue weighted by atomic mass is 9.99. The van der Waals surface area contributed by atoms with Crippen molar-refractivity contribution < 1.29 is 14.6 Å². The van der Waals surface area contributed by atoms with Crippen LogP contribution in [0.15, 0.2) is 72.9 Å². The van der Waals surface area contributed by atoms with E-state index < -0.39 is 6.04 Å². The maximum atomic E-state index is 12.4. The first kappa shape index (κ1) is 24.2. The van der Waals surface area contributed by atoms with Gasteiger partial charge < -0.3 is 15.2 Å². The molecule has 2 heterocycles. The van der Waals surface area contributed by atoms with E-state index in [1.165, 1.54) is 0 Å². The van der Waals surface area contributed by atoms with Gasteiger partial charge in [0.05, 0.1) is 23.9 Å². The molecule has 35 heavy (non-hydrogen) atoms. The summed E-state index contributed by atoms with van der Waals surface area (Å²) in [6.45, 7) is 4.49. The zero-order chi connectivity index (χ0) is 24.6. The molecule has 0 aliphatic carbocycles. The highest BCUT2D eigenvalue weighted by molar-refractivity contribution is 5.90. The minimum Gasteiger partial charge on any atom is -0.505 e. The van der Waals surface area contributed by atoms with Gasteiger partial charge in [-0.2, -0.15) is 0 Å². The number of pyridine rings is 2. The molecule has 0 amide bonds. The molecule has 0 aliphatic rings. The molecule has 0 saturated carbocycles. The van der Waals surface area contributed by atoms with Gasteiger partial charge in [0.25, 0.3) is 0 Å². The Morgan fingerprint density at radius 3 is 2.54 bits per heavy atom. The summed E-state index contributed by atoms with van der Waals surface area (Å²) in [5, 5.41) is 15.5. The van der Waals surface area contributed by atoms with Crippen molar-refractivity contribution in [2.45, 2.75) is 45.6 Å². The van der Waals surface area contributed by atoms with Gasteiger partial charge in [0.1, 0.15) is 11.3 Å². The molecule has 0 fully saturated rings. The summed E-state index contributed by atoms with van der Waals surface area (Å²) in [6, 6.07) is 20.2. The van der Waals surface area contributed by atoms with E-state index in [2.05, 4.69) is 22.2 Å². The number of fused-ring (bicyclic) bond motifs is 1. The number of phenols is 1. The van der Waals surface area contributed by atoms with Gasteiger partial charge in [-0.05, 0) is 55.8 Å². The molecule has 0 spiro atoms. The lowest BCUT2D eigenvalue weighted by Gasteiger charge is -2.22. The number of benzene rings is 2. The molecular formula is C29H31N3O3. The van der Waals surface area contributed by atoms with Gasteiger partial charge in [-0.3, -0.25) is 4.98 Å². The van der Waals surface area contributed by atoms with Crippen molar-refractivity contribution in [2.24, 2.45) is 0 Å². The average molecular weight is 470 g/mol. The fourth-order valence-electron chi connectivity index (χ4n) is 4.02. The number of esters is 1. The molecule has 180 valence electrons. The number of aromatic nitrogens is 2. The van der Waals surface area contributed by atoms with E-state index in [0.717, 1.165) is 48.1 Å². The minimum absolute atomic E-state index is 0.123. The Hall–Kier alpha value is -3.93. The van der Waals surface area contributed by atoms with Crippen molar-refractivity contribution in [2.75, 3.05) is 11.9 Å². The van der Waals surface area contributed by atoms with Crippen molar-refractivity contribution in [1.29, 1.82) is 0 Å². The van der Waals surface area contributed by atoms with E-state index in [1.54, 1.807) is 18.3 Å². The number of hydrogen-bond donors (Lipinski definition) is 2. The first-order valence-corrected chi connectivity index (χ1v) is 12.1. The van der Waals surface area contributed by atoms with Crippen molar-refractivity contribution in [1.82, 2.24) is 9.97 Å². The van der Waals surface area contributed by atoms with Crippen molar-refractivity contribution in [3.63, 3.8) is 0 Å². The van der Waals surface area contributed by atoms with Gasteiger partial charge in [-0.25, -0.2) is 9.78 Å². The molecule has 2 aromatic heterocycles. The Kier molecular flexibility index (Phi) is 7.93. The van der Waals surface area contributed by atoms with E-state index >= 15 is 0 Å². The molecular weight excluding hydrogens is 438 g/mol. The predicted molar refractivity (Wildman–Crippen MR) is 139 cm³/mol. The van der Waals surface area contributed by atoms with Gasteiger partial charge in [-0.15, -0.1) is 0 Å². The minimum atomic E-state index is -0.417. The highest BCUT2D eigenvalue weighted by Crippen LogP contribution is 2.36. The Balaban J connectivity index is 1.56. The smallest absolute Gasteiger partial charge is 0.338 e. The maximum absolute atomic E-state index is 12.4. The number of anilines is 1. The number of aryl methyl sites for hydroxylation is 1. The zero-order valence-corrected chi connectivity index (χ0v) is 20.2. The van der Waals surface area contributed by atoms with Crippen LogP contribution in [-0.4, -0.2) is 27.7 Å². The number of nitrogens with one attached hydrogen (secondary N) is 1. The quantitative estimate of drug-likeness (QED) is 0.201. The molecule has 1 unspecified atom stereocenters. The van der Waals surface area contributed by atoms with Gasteiger partial charge in [0.15, 0.2) is 0 Å². The number of hydrogen-bond acceptors (Lipinski definition) is 6. The second kappa shape index (κ2) is 11.5. The number of carbonyl (C=O) groups is 1. The van der Waals surface area contributed by atoms with Crippen LogP contribution in [0.1, 0.15) is 66.0 Å².